The molecule has 0 saturated heterocycles. The van der Waals surface area contributed by atoms with Gasteiger partial charge in [0.25, 0.3) is 0 Å². The molecule has 0 bridgehead atoms. The first-order chi connectivity index (χ1) is 12.1. The maximum atomic E-state index is 12.7. The second kappa shape index (κ2) is 7.96. The van der Waals surface area contributed by atoms with E-state index in [0.29, 0.717) is 18.0 Å². The molecule has 1 heterocycles. The summed E-state index contributed by atoms with van der Waals surface area (Å²) in [6, 6.07) is 10.7. The van der Waals surface area contributed by atoms with Crippen molar-refractivity contribution in [3.05, 3.63) is 47.7 Å². The highest BCUT2D eigenvalue weighted by molar-refractivity contribution is 5.97. The Kier molecular flexibility index (Phi) is 5.48. The molecule has 2 aromatic rings. The topological polar surface area (TPSA) is 84.2 Å². The van der Waals surface area contributed by atoms with Crippen LogP contribution in [-0.2, 0) is 16.0 Å². The first-order valence-corrected chi connectivity index (χ1v) is 8.70. The van der Waals surface area contributed by atoms with Crippen LogP contribution in [0.5, 0.6) is 0 Å². The van der Waals surface area contributed by atoms with Crippen LogP contribution in [0.25, 0.3) is 0 Å². The van der Waals surface area contributed by atoms with E-state index in [4.69, 9.17) is 4.52 Å². The zero-order valence-electron chi connectivity index (χ0n) is 14.3. The van der Waals surface area contributed by atoms with Crippen LogP contribution < -0.4 is 10.6 Å². The zero-order valence-corrected chi connectivity index (χ0v) is 14.3. The van der Waals surface area contributed by atoms with Crippen LogP contribution in [0.15, 0.2) is 40.9 Å². The number of hydrogen-bond donors (Lipinski definition) is 2. The fourth-order valence-electron chi connectivity index (χ4n) is 3.18. The lowest BCUT2D eigenvalue weighted by Crippen LogP contribution is -2.47. The molecule has 6 heteroatoms. The average molecular weight is 341 g/mol. The van der Waals surface area contributed by atoms with Gasteiger partial charge in [-0.15, -0.1) is 0 Å². The number of carbonyl (C=O) groups excluding carboxylic acids is 2. The number of benzene rings is 1. The molecule has 132 valence electrons. The van der Waals surface area contributed by atoms with Crippen LogP contribution >= 0.6 is 0 Å². The van der Waals surface area contributed by atoms with Crippen molar-refractivity contribution in [3.8, 4) is 0 Å². The third kappa shape index (κ3) is 4.68. The van der Waals surface area contributed by atoms with E-state index in [1.165, 1.54) is 0 Å². The largest absolute Gasteiger partial charge is 0.360 e. The summed E-state index contributed by atoms with van der Waals surface area (Å²) in [5.74, 6) is 0.661. The van der Waals surface area contributed by atoms with Gasteiger partial charge >= 0.3 is 0 Å². The van der Waals surface area contributed by atoms with E-state index in [1.54, 1.807) is 13.0 Å². The molecule has 2 amide bonds. The molecular formula is C19H23N3O3. The first kappa shape index (κ1) is 17.2. The fraction of sp³-hybridized carbons (Fsp3) is 0.421. The molecular weight excluding hydrogens is 318 g/mol. The molecule has 1 fully saturated rings. The van der Waals surface area contributed by atoms with Gasteiger partial charge in [0.2, 0.25) is 11.8 Å². The van der Waals surface area contributed by atoms with E-state index in [1.807, 2.05) is 30.3 Å². The van der Waals surface area contributed by atoms with E-state index < -0.39 is 6.04 Å². The van der Waals surface area contributed by atoms with Gasteiger partial charge in [-0.05, 0) is 25.3 Å². The molecule has 1 aliphatic rings. The van der Waals surface area contributed by atoms with E-state index in [0.717, 1.165) is 31.2 Å². The lowest BCUT2D eigenvalue weighted by Gasteiger charge is -2.20. The number of aryl methyl sites for hydroxylation is 1. The number of amides is 2. The third-order valence-electron chi connectivity index (χ3n) is 4.52. The summed E-state index contributed by atoms with van der Waals surface area (Å²) in [5, 5.41) is 9.43. The highest BCUT2D eigenvalue weighted by Crippen LogP contribution is 2.25. The number of hydrogen-bond acceptors (Lipinski definition) is 4. The molecule has 3 rings (SSSR count). The second-order valence-electron chi connectivity index (χ2n) is 6.54. The molecule has 1 aromatic carbocycles. The molecule has 25 heavy (non-hydrogen) atoms. The molecule has 0 radical (unpaired) electrons. The lowest BCUT2D eigenvalue weighted by atomic mass is 10.0. The smallest absolute Gasteiger partial charge is 0.248 e. The Morgan fingerprint density at radius 2 is 1.96 bits per heavy atom. The van der Waals surface area contributed by atoms with Crippen molar-refractivity contribution in [3.63, 3.8) is 0 Å². The van der Waals surface area contributed by atoms with Gasteiger partial charge in [0.1, 0.15) is 11.8 Å². The van der Waals surface area contributed by atoms with E-state index in [2.05, 4.69) is 15.8 Å². The predicted octanol–water partition coefficient (Wildman–Crippen LogP) is 2.84. The van der Waals surface area contributed by atoms with Crippen molar-refractivity contribution >= 4 is 17.6 Å². The molecule has 0 aliphatic heterocycles. The number of aromatic nitrogens is 1. The molecule has 6 nitrogen and oxygen atoms in total. The third-order valence-corrected chi connectivity index (χ3v) is 4.52. The molecule has 2 N–H and O–H groups in total. The average Bonchev–Trinajstić information content (AvgIpc) is 3.27. The van der Waals surface area contributed by atoms with Crippen molar-refractivity contribution < 1.29 is 14.1 Å². The predicted molar refractivity (Wildman–Crippen MR) is 93.9 cm³/mol. The highest BCUT2D eigenvalue weighted by atomic mass is 16.5. The lowest BCUT2D eigenvalue weighted by molar-refractivity contribution is -0.129. The maximum absolute atomic E-state index is 12.7. The van der Waals surface area contributed by atoms with E-state index >= 15 is 0 Å². The van der Waals surface area contributed by atoms with Crippen molar-refractivity contribution in [2.75, 3.05) is 5.32 Å². The van der Waals surface area contributed by atoms with Gasteiger partial charge in [0.05, 0.1) is 0 Å². The maximum Gasteiger partial charge on any atom is 0.248 e. The monoisotopic (exact) mass is 341 g/mol. The normalized spacial score (nSPS) is 15.7. The summed E-state index contributed by atoms with van der Waals surface area (Å²) in [6.45, 7) is 1.76. The van der Waals surface area contributed by atoms with Gasteiger partial charge in [-0.1, -0.05) is 48.3 Å². The summed E-state index contributed by atoms with van der Waals surface area (Å²) < 4.78 is 4.97. The van der Waals surface area contributed by atoms with Crippen LogP contribution in [0.1, 0.15) is 37.0 Å². The zero-order chi connectivity index (χ0) is 17.6. The minimum atomic E-state index is -0.646. The first-order valence-electron chi connectivity index (χ1n) is 8.70. The molecule has 1 unspecified atom stereocenters. The standard InChI is InChI=1S/C19H23N3O3/c1-13-11-17(22-25-13)21-19(24)16(12-14-7-3-2-4-8-14)20-18(23)15-9-5-6-10-15/h2-4,7-8,11,15-16H,5-6,9-10,12H2,1H3,(H,20,23)(H,21,22,24). The van der Waals surface area contributed by atoms with Gasteiger partial charge in [0.15, 0.2) is 5.82 Å². The fourth-order valence-corrected chi connectivity index (χ4v) is 3.18. The van der Waals surface area contributed by atoms with Crippen LogP contribution in [0.3, 0.4) is 0 Å². The van der Waals surface area contributed by atoms with Gasteiger partial charge in [-0.25, -0.2) is 0 Å². The summed E-state index contributed by atoms with van der Waals surface area (Å²) in [5.41, 5.74) is 0.991. The SMILES string of the molecule is Cc1cc(NC(=O)C(Cc2ccccc2)NC(=O)C2CCCC2)no1. The Balaban J connectivity index is 1.70. The number of rotatable bonds is 6. The van der Waals surface area contributed by atoms with Crippen LogP contribution in [0.4, 0.5) is 5.82 Å². The second-order valence-corrected chi connectivity index (χ2v) is 6.54. The quantitative estimate of drug-likeness (QED) is 0.846. The van der Waals surface area contributed by atoms with Gasteiger partial charge < -0.3 is 15.2 Å². The van der Waals surface area contributed by atoms with E-state index in [-0.39, 0.29) is 17.7 Å². The van der Waals surface area contributed by atoms with Gasteiger partial charge in [-0.2, -0.15) is 0 Å². The molecule has 1 saturated carbocycles. The molecule has 1 aliphatic carbocycles. The van der Waals surface area contributed by atoms with Crippen LogP contribution in [0.2, 0.25) is 0 Å². The van der Waals surface area contributed by atoms with Crippen LogP contribution in [0, 0.1) is 12.8 Å². The van der Waals surface area contributed by atoms with Crippen molar-refractivity contribution in [1.29, 1.82) is 0 Å². The Morgan fingerprint density at radius 1 is 1.24 bits per heavy atom. The summed E-state index contributed by atoms with van der Waals surface area (Å²) >= 11 is 0. The Bertz CT molecular complexity index is 721. The summed E-state index contributed by atoms with van der Waals surface area (Å²) in [6.07, 6.45) is 4.38. The molecule has 1 aromatic heterocycles. The highest BCUT2D eigenvalue weighted by Gasteiger charge is 2.28. The van der Waals surface area contributed by atoms with Crippen molar-refractivity contribution in [2.45, 2.75) is 45.1 Å². The Labute approximate surface area is 147 Å². The van der Waals surface area contributed by atoms with Crippen molar-refractivity contribution in [1.82, 2.24) is 10.5 Å². The summed E-state index contributed by atoms with van der Waals surface area (Å²) in [7, 11) is 0. The number of nitrogens with zero attached hydrogens (tertiary/aromatic N) is 1. The number of nitrogens with one attached hydrogen (secondary N) is 2. The Morgan fingerprint density at radius 3 is 2.60 bits per heavy atom. The van der Waals surface area contributed by atoms with Crippen LogP contribution in [-0.4, -0.2) is 23.0 Å². The summed E-state index contributed by atoms with van der Waals surface area (Å²) in [4.78, 5) is 25.2. The van der Waals surface area contributed by atoms with Crippen molar-refractivity contribution in [2.24, 2.45) is 5.92 Å². The molecule has 0 spiro atoms. The van der Waals surface area contributed by atoms with Gasteiger partial charge in [-0.3, -0.25) is 9.59 Å². The molecule has 1 atom stereocenters. The minimum Gasteiger partial charge on any atom is -0.360 e. The van der Waals surface area contributed by atoms with E-state index in [9.17, 15) is 9.59 Å². The Hall–Kier alpha value is -2.63. The van der Waals surface area contributed by atoms with Gasteiger partial charge in [0, 0.05) is 18.4 Å². The number of carbonyl (C=O) groups is 2. The minimum absolute atomic E-state index is 0.0142. The number of anilines is 1.